The summed E-state index contributed by atoms with van der Waals surface area (Å²) < 4.78 is 5.16. The molecule has 3 N–H and O–H groups in total. The molecular formula is C17H27IN4O3. The predicted molar refractivity (Wildman–Crippen MR) is 109 cm³/mol. The van der Waals surface area contributed by atoms with Gasteiger partial charge in [-0.25, -0.2) is 4.99 Å². The van der Waals surface area contributed by atoms with Gasteiger partial charge in [0.2, 0.25) is 5.91 Å². The summed E-state index contributed by atoms with van der Waals surface area (Å²) >= 11 is 0. The van der Waals surface area contributed by atoms with E-state index in [0.717, 1.165) is 25.9 Å². The van der Waals surface area contributed by atoms with E-state index in [1.54, 1.807) is 25.3 Å². The number of rotatable bonds is 6. The van der Waals surface area contributed by atoms with Gasteiger partial charge in [0.25, 0.3) is 0 Å². The highest BCUT2D eigenvalue weighted by molar-refractivity contribution is 14.0. The number of nitrogens with zero attached hydrogens (tertiary/aromatic N) is 2. The predicted octanol–water partition coefficient (Wildman–Crippen LogP) is 1.70. The number of aliphatic imine (C=N–C) groups is 1. The van der Waals surface area contributed by atoms with Crippen LogP contribution in [0.1, 0.15) is 25.3 Å². The fraction of sp³-hybridized carbons (Fsp3) is 0.529. The van der Waals surface area contributed by atoms with E-state index >= 15 is 0 Å². The fourth-order valence-corrected chi connectivity index (χ4v) is 2.56. The summed E-state index contributed by atoms with van der Waals surface area (Å²) in [5, 5.41) is 16.1. The molecular weight excluding hydrogens is 435 g/mol. The zero-order valence-corrected chi connectivity index (χ0v) is 17.1. The Morgan fingerprint density at radius 2 is 2.04 bits per heavy atom. The lowest BCUT2D eigenvalue weighted by molar-refractivity contribution is -0.128. The van der Waals surface area contributed by atoms with Gasteiger partial charge in [0.1, 0.15) is 11.5 Å². The van der Waals surface area contributed by atoms with Crippen LogP contribution < -0.4 is 15.4 Å². The minimum absolute atomic E-state index is 0. The first-order valence-electron chi connectivity index (χ1n) is 8.30. The Morgan fingerprint density at radius 3 is 2.68 bits per heavy atom. The van der Waals surface area contributed by atoms with Crippen LogP contribution in [0.15, 0.2) is 23.2 Å². The smallest absolute Gasteiger partial charge is 0.241 e. The Hall–Kier alpha value is -1.71. The second kappa shape index (κ2) is 11.0. The molecule has 0 bridgehead atoms. The van der Waals surface area contributed by atoms with Crippen LogP contribution in [-0.4, -0.2) is 55.2 Å². The highest BCUT2D eigenvalue weighted by Crippen LogP contribution is 2.23. The highest BCUT2D eigenvalue weighted by atomic mass is 127. The van der Waals surface area contributed by atoms with Crippen LogP contribution in [0.4, 0.5) is 0 Å². The molecule has 140 valence electrons. The number of hydrogen-bond donors (Lipinski definition) is 3. The van der Waals surface area contributed by atoms with Gasteiger partial charge in [-0.1, -0.05) is 0 Å². The van der Waals surface area contributed by atoms with Crippen LogP contribution >= 0.6 is 24.0 Å². The average molecular weight is 462 g/mol. The largest absolute Gasteiger partial charge is 0.508 e. The Kier molecular flexibility index (Phi) is 9.40. The molecule has 1 heterocycles. The summed E-state index contributed by atoms with van der Waals surface area (Å²) in [7, 11) is 1.58. The average Bonchev–Trinajstić information content (AvgIpc) is 3.13. The number of carbonyl (C=O) groups is 1. The van der Waals surface area contributed by atoms with Crippen molar-refractivity contribution in [3.63, 3.8) is 0 Å². The summed E-state index contributed by atoms with van der Waals surface area (Å²) in [4.78, 5) is 18.4. The van der Waals surface area contributed by atoms with Gasteiger partial charge in [0.05, 0.1) is 20.2 Å². The number of benzene rings is 1. The number of amides is 1. The summed E-state index contributed by atoms with van der Waals surface area (Å²) in [5.41, 5.74) is 0.664. The molecule has 8 heteroatoms. The number of ether oxygens (including phenoxy) is 1. The molecule has 1 aromatic rings. The molecule has 0 aliphatic carbocycles. The zero-order chi connectivity index (χ0) is 17.4. The lowest BCUT2D eigenvalue weighted by atomic mass is 10.2. The Morgan fingerprint density at radius 1 is 1.32 bits per heavy atom. The van der Waals surface area contributed by atoms with Gasteiger partial charge in [-0.05, 0) is 38.0 Å². The van der Waals surface area contributed by atoms with Gasteiger partial charge >= 0.3 is 0 Å². The lowest BCUT2D eigenvalue weighted by Crippen LogP contribution is -2.44. The third kappa shape index (κ3) is 6.60. The van der Waals surface area contributed by atoms with Gasteiger partial charge < -0.3 is 25.4 Å². The fourth-order valence-electron chi connectivity index (χ4n) is 2.56. The minimum atomic E-state index is 0. The molecule has 1 aliphatic heterocycles. The van der Waals surface area contributed by atoms with E-state index in [1.165, 1.54) is 0 Å². The Labute approximate surface area is 165 Å². The molecule has 1 aromatic carbocycles. The number of phenols is 1. The number of nitrogens with one attached hydrogen (secondary N) is 2. The molecule has 0 atom stereocenters. The molecule has 7 nitrogen and oxygen atoms in total. The number of aromatic hydroxyl groups is 1. The SMILES string of the molecule is CCNC(=NCc1cc(OC)ccc1O)NCC(=O)N1CCCC1.I. The van der Waals surface area contributed by atoms with Crippen molar-refractivity contribution in [3.8, 4) is 11.5 Å². The second-order valence-electron chi connectivity index (χ2n) is 5.63. The molecule has 1 aliphatic rings. The van der Waals surface area contributed by atoms with Crippen LogP contribution in [0.2, 0.25) is 0 Å². The first-order chi connectivity index (χ1) is 11.6. The van der Waals surface area contributed by atoms with E-state index in [2.05, 4.69) is 15.6 Å². The first-order valence-corrected chi connectivity index (χ1v) is 8.30. The third-order valence-corrected chi connectivity index (χ3v) is 3.90. The van der Waals surface area contributed by atoms with Crippen molar-refractivity contribution < 1.29 is 14.6 Å². The quantitative estimate of drug-likeness (QED) is 0.341. The molecule has 0 saturated carbocycles. The van der Waals surface area contributed by atoms with Gasteiger partial charge in [0, 0.05) is 25.2 Å². The maximum atomic E-state index is 12.1. The van der Waals surface area contributed by atoms with Crippen LogP contribution in [0, 0.1) is 0 Å². The molecule has 1 fully saturated rings. The van der Waals surface area contributed by atoms with Gasteiger partial charge in [-0.2, -0.15) is 0 Å². The Bertz CT molecular complexity index is 589. The highest BCUT2D eigenvalue weighted by Gasteiger charge is 2.17. The van der Waals surface area contributed by atoms with E-state index < -0.39 is 0 Å². The van der Waals surface area contributed by atoms with Crippen LogP contribution in [0.25, 0.3) is 0 Å². The van der Waals surface area contributed by atoms with E-state index in [0.29, 0.717) is 23.8 Å². The number of hydrogen-bond acceptors (Lipinski definition) is 4. The molecule has 1 saturated heterocycles. The van der Waals surface area contributed by atoms with Crippen molar-refractivity contribution in [2.45, 2.75) is 26.3 Å². The normalized spacial score (nSPS) is 14.0. The van der Waals surface area contributed by atoms with E-state index in [-0.39, 0.29) is 48.7 Å². The van der Waals surface area contributed by atoms with E-state index in [1.807, 2.05) is 11.8 Å². The Balaban J connectivity index is 0.00000312. The van der Waals surface area contributed by atoms with Crippen molar-refractivity contribution in [3.05, 3.63) is 23.8 Å². The van der Waals surface area contributed by atoms with Crippen molar-refractivity contribution in [1.29, 1.82) is 0 Å². The standard InChI is InChI=1S/C17H26N4O3.HI/c1-3-18-17(20-12-16(23)21-8-4-5-9-21)19-11-13-10-14(24-2)6-7-15(13)22;/h6-7,10,22H,3-5,8-9,11-12H2,1-2H3,(H2,18,19,20);1H. The maximum Gasteiger partial charge on any atom is 0.241 e. The maximum absolute atomic E-state index is 12.1. The van der Waals surface area contributed by atoms with E-state index in [9.17, 15) is 9.90 Å². The molecule has 1 amide bonds. The third-order valence-electron chi connectivity index (χ3n) is 3.90. The zero-order valence-electron chi connectivity index (χ0n) is 14.7. The first kappa shape index (κ1) is 21.3. The van der Waals surface area contributed by atoms with Crippen LogP contribution in [0.5, 0.6) is 11.5 Å². The number of guanidine groups is 1. The number of halogens is 1. The number of phenolic OH excluding ortho intramolecular Hbond substituents is 1. The van der Waals surface area contributed by atoms with Crippen molar-refractivity contribution in [2.24, 2.45) is 4.99 Å². The van der Waals surface area contributed by atoms with Gasteiger partial charge in [-0.3, -0.25) is 4.79 Å². The van der Waals surface area contributed by atoms with E-state index in [4.69, 9.17) is 4.74 Å². The number of carbonyl (C=O) groups excluding carboxylic acids is 1. The number of methoxy groups -OCH3 is 1. The summed E-state index contributed by atoms with van der Waals surface area (Å²) in [5.74, 6) is 1.47. The summed E-state index contributed by atoms with van der Waals surface area (Å²) in [6.45, 7) is 4.83. The number of likely N-dealkylation sites (tertiary alicyclic amines) is 1. The van der Waals surface area contributed by atoms with Crippen LogP contribution in [-0.2, 0) is 11.3 Å². The molecule has 2 rings (SSSR count). The van der Waals surface area contributed by atoms with Crippen molar-refractivity contribution in [1.82, 2.24) is 15.5 Å². The summed E-state index contributed by atoms with van der Waals surface area (Å²) in [6, 6.07) is 5.03. The van der Waals surface area contributed by atoms with Crippen molar-refractivity contribution in [2.75, 3.05) is 33.3 Å². The minimum Gasteiger partial charge on any atom is -0.508 e. The molecule has 25 heavy (non-hydrogen) atoms. The molecule has 0 spiro atoms. The molecule has 0 radical (unpaired) electrons. The monoisotopic (exact) mass is 462 g/mol. The van der Waals surface area contributed by atoms with Crippen molar-refractivity contribution >= 4 is 35.8 Å². The summed E-state index contributed by atoms with van der Waals surface area (Å²) in [6.07, 6.45) is 2.16. The van der Waals surface area contributed by atoms with Gasteiger partial charge in [0.15, 0.2) is 5.96 Å². The topological polar surface area (TPSA) is 86.2 Å². The van der Waals surface area contributed by atoms with Crippen LogP contribution in [0.3, 0.4) is 0 Å². The second-order valence-corrected chi connectivity index (χ2v) is 5.63. The molecule has 0 unspecified atom stereocenters. The molecule has 0 aromatic heterocycles. The lowest BCUT2D eigenvalue weighted by Gasteiger charge is -2.17. The van der Waals surface area contributed by atoms with Gasteiger partial charge in [-0.15, -0.1) is 24.0 Å².